The summed E-state index contributed by atoms with van der Waals surface area (Å²) >= 11 is 1.75. The molecule has 0 spiro atoms. The van der Waals surface area contributed by atoms with E-state index in [1.54, 1.807) is 49.1 Å². The SMILES string of the molecule is COc1cc(NC(=O)N2CCSC2)cc(OC)c1. The number of thioether (sulfide) groups is 1. The van der Waals surface area contributed by atoms with E-state index >= 15 is 0 Å². The summed E-state index contributed by atoms with van der Waals surface area (Å²) in [6.07, 6.45) is 0. The van der Waals surface area contributed by atoms with Crippen molar-refractivity contribution in [2.45, 2.75) is 0 Å². The molecule has 98 valence electrons. The molecular weight excluding hydrogens is 252 g/mol. The van der Waals surface area contributed by atoms with Crippen molar-refractivity contribution in [1.29, 1.82) is 0 Å². The molecule has 1 aliphatic rings. The van der Waals surface area contributed by atoms with Crippen LogP contribution in [-0.2, 0) is 0 Å². The monoisotopic (exact) mass is 268 g/mol. The minimum atomic E-state index is -0.0877. The lowest BCUT2D eigenvalue weighted by atomic mass is 10.3. The number of ether oxygens (including phenoxy) is 2. The number of nitrogens with one attached hydrogen (secondary N) is 1. The molecule has 5 nitrogen and oxygen atoms in total. The molecule has 2 rings (SSSR count). The molecule has 6 heteroatoms. The lowest BCUT2D eigenvalue weighted by molar-refractivity contribution is 0.225. The maximum absolute atomic E-state index is 11.9. The van der Waals surface area contributed by atoms with Crippen molar-refractivity contribution in [1.82, 2.24) is 4.90 Å². The predicted octanol–water partition coefficient (Wildman–Crippen LogP) is 2.24. The number of amides is 2. The van der Waals surface area contributed by atoms with Gasteiger partial charge in [0, 0.05) is 36.2 Å². The highest BCUT2D eigenvalue weighted by Crippen LogP contribution is 2.26. The Morgan fingerprint density at radius 3 is 2.44 bits per heavy atom. The Morgan fingerprint density at radius 2 is 1.94 bits per heavy atom. The summed E-state index contributed by atoms with van der Waals surface area (Å²) < 4.78 is 10.3. The Balaban J connectivity index is 2.09. The van der Waals surface area contributed by atoms with E-state index in [1.807, 2.05) is 0 Å². The van der Waals surface area contributed by atoms with Gasteiger partial charge in [-0.25, -0.2) is 4.79 Å². The molecule has 0 unspecified atom stereocenters. The van der Waals surface area contributed by atoms with Crippen molar-refractivity contribution >= 4 is 23.5 Å². The van der Waals surface area contributed by atoms with E-state index < -0.39 is 0 Å². The number of carbonyl (C=O) groups is 1. The summed E-state index contributed by atoms with van der Waals surface area (Å²) in [5, 5.41) is 2.85. The summed E-state index contributed by atoms with van der Waals surface area (Å²) in [5.41, 5.74) is 0.674. The van der Waals surface area contributed by atoms with Crippen LogP contribution in [-0.4, -0.2) is 43.3 Å². The van der Waals surface area contributed by atoms with E-state index in [-0.39, 0.29) is 6.03 Å². The molecule has 1 heterocycles. The van der Waals surface area contributed by atoms with E-state index in [4.69, 9.17) is 9.47 Å². The van der Waals surface area contributed by atoms with Gasteiger partial charge in [0.05, 0.1) is 20.1 Å². The number of rotatable bonds is 3. The van der Waals surface area contributed by atoms with Crippen LogP contribution in [0.3, 0.4) is 0 Å². The fraction of sp³-hybridized carbons (Fsp3) is 0.417. The number of hydrogen-bond donors (Lipinski definition) is 1. The first kappa shape index (κ1) is 12.9. The zero-order valence-corrected chi connectivity index (χ0v) is 11.3. The van der Waals surface area contributed by atoms with Crippen LogP contribution in [0.4, 0.5) is 10.5 Å². The van der Waals surface area contributed by atoms with Crippen LogP contribution >= 0.6 is 11.8 Å². The zero-order valence-electron chi connectivity index (χ0n) is 10.4. The number of hydrogen-bond acceptors (Lipinski definition) is 4. The smallest absolute Gasteiger partial charge is 0.322 e. The molecule has 18 heavy (non-hydrogen) atoms. The molecule has 0 saturated carbocycles. The second kappa shape index (κ2) is 5.86. The Labute approximate surface area is 110 Å². The van der Waals surface area contributed by atoms with Gasteiger partial charge in [0.2, 0.25) is 0 Å². The highest BCUT2D eigenvalue weighted by atomic mass is 32.2. The molecule has 0 radical (unpaired) electrons. The average Bonchev–Trinajstić information content (AvgIpc) is 2.92. The van der Waals surface area contributed by atoms with Gasteiger partial charge in [0.15, 0.2) is 0 Å². The van der Waals surface area contributed by atoms with Gasteiger partial charge >= 0.3 is 6.03 Å². The molecule has 1 aliphatic heterocycles. The first-order valence-corrected chi connectivity index (χ1v) is 6.75. The molecule has 0 bridgehead atoms. The van der Waals surface area contributed by atoms with Gasteiger partial charge in [-0.3, -0.25) is 0 Å². The van der Waals surface area contributed by atoms with Crippen molar-refractivity contribution < 1.29 is 14.3 Å². The number of urea groups is 1. The van der Waals surface area contributed by atoms with Gasteiger partial charge in [-0.15, -0.1) is 11.8 Å². The number of nitrogens with zero attached hydrogens (tertiary/aromatic N) is 1. The summed E-state index contributed by atoms with van der Waals surface area (Å²) in [6.45, 7) is 0.789. The fourth-order valence-electron chi connectivity index (χ4n) is 1.66. The zero-order chi connectivity index (χ0) is 13.0. The molecule has 1 aromatic carbocycles. The first-order chi connectivity index (χ1) is 8.72. The summed E-state index contributed by atoms with van der Waals surface area (Å²) in [6, 6.07) is 5.21. The van der Waals surface area contributed by atoms with Gasteiger partial charge in [0.25, 0.3) is 0 Å². The Bertz CT molecular complexity index is 411. The highest BCUT2D eigenvalue weighted by molar-refractivity contribution is 7.99. The van der Waals surface area contributed by atoms with Crippen molar-refractivity contribution in [2.24, 2.45) is 0 Å². The summed E-state index contributed by atoms with van der Waals surface area (Å²) in [7, 11) is 3.16. The largest absolute Gasteiger partial charge is 0.497 e. The molecule has 0 aliphatic carbocycles. The van der Waals surface area contributed by atoms with E-state index in [0.29, 0.717) is 17.2 Å². The molecular formula is C12H16N2O3S. The van der Waals surface area contributed by atoms with E-state index in [9.17, 15) is 4.79 Å². The normalized spacial score (nSPS) is 14.4. The van der Waals surface area contributed by atoms with Gasteiger partial charge in [-0.2, -0.15) is 0 Å². The second-order valence-corrected chi connectivity index (χ2v) is 4.91. The fourth-order valence-corrected chi connectivity index (χ4v) is 2.60. The van der Waals surface area contributed by atoms with Crippen LogP contribution in [0.2, 0.25) is 0 Å². The molecule has 2 amide bonds. The Hall–Kier alpha value is -1.56. The number of methoxy groups -OCH3 is 2. The average molecular weight is 268 g/mol. The number of benzene rings is 1. The maximum Gasteiger partial charge on any atom is 0.322 e. The number of carbonyl (C=O) groups excluding carboxylic acids is 1. The van der Waals surface area contributed by atoms with Gasteiger partial charge in [-0.05, 0) is 0 Å². The molecule has 0 aromatic heterocycles. The number of anilines is 1. The van der Waals surface area contributed by atoms with Crippen LogP contribution in [0.5, 0.6) is 11.5 Å². The Kier molecular flexibility index (Phi) is 4.19. The van der Waals surface area contributed by atoms with E-state index in [2.05, 4.69) is 5.32 Å². The molecule has 0 atom stereocenters. The lowest BCUT2D eigenvalue weighted by Gasteiger charge is -2.16. The summed E-state index contributed by atoms with van der Waals surface area (Å²) in [5.74, 6) is 3.04. The van der Waals surface area contributed by atoms with Crippen LogP contribution < -0.4 is 14.8 Å². The van der Waals surface area contributed by atoms with E-state index in [0.717, 1.165) is 18.2 Å². The minimum absolute atomic E-state index is 0.0877. The third-order valence-corrected chi connectivity index (χ3v) is 3.61. The van der Waals surface area contributed by atoms with Crippen LogP contribution in [0.1, 0.15) is 0 Å². The molecule has 1 aromatic rings. The van der Waals surface area contributed by atoms with Crippen molar-refractivity contribution in [3.63, 3.8) is 0 Å². The summed E-state index contributed by atoms with van der Waals surface area (Å²) in [4.78, 5) is 13.7. The molecule has 1 N–H and O–H groups in total. The van der Waals surface area contributed by atoms with Crippen LogP contribution in [0.25, 0.3) is 0 Å². The maximum atomic E-state index is 11.9. The third-order valence-electron chi connectivity index (χ3n) is 2.64. The van der Waals surface area contributed by atoms with Gasteiger partial charge in [-0.1, -0.05) is 0 Å². The van der Waals surface area contributed by atoms with Gasteiger partial charge < -0.3 is 19.7 Å². The van der Waals surface area contributed by atoms with E-state index in [1.165, 1.54) is 0 Å². The molecule has 1 saturated heterocycles. The van der Waals surface area contributed by atoms with Crippen LogP contribution in [0.15, 0.2) is 18.2 Å². The van der Waals surface area contributed by atoms with Crippen LogP contribution in [0, 0.1) is 0 Å². The van der Waals surface area contributed by atoms with Gasteiger partial charge in [0.1, 0.15) is 11.5 Å². The second-order valence-electron chi connectivity index (χ2n) is 3.83. The topological polar surface area (TPSA) is 50.8 Å². The van der Waals surface area contributed by atoms with Crippen molar-refractivity contribution in [3.05, 3.63) is 18.2 Å². The Morgan fingerprint density at radius 1 is 1.28 bits per heavy atom. The minimum Gasteiger partial charge on any atom is -0.497 e. The first-order valence-electron chi connectivity index (χ1n) is 5.59. The van der Waals surface area contributed by atoms with Crippen molar-refractivity contribution in [3.8, 4) is 11.5 Å². The highest BCUT2D eigenvalue weighted by Gasteiger charge is 2.18. The standard InChI is InChI=1S/C12H16N2O3S/c1-16-10-5-9(6-11(7-10)17-2)13-12(15)14-3-4-18-8-14/h5-7H,3-4,8H2,1-2H3,(H,13,15). The predicted molar refractivity (Wildman–Crippen MR) is 72.6 cm³/mol. The molecule has 1 fully saturated rings. The quantitative estimate of drug-likeness (QED) is 0.913. The third kappa shape index (κ3) is 3.01. The van der Waals surface area contributed by atoms with Crippen molar-refractivity contribution in [2.75, 3.05) is 37.7 Å². The lowest BCUT2D eigenvalue weighted by Crippen LogP contribution is -2.32.